The van der Waals surface area contributed by atoms with Gasteiger partial charge in [0, 0.05) is 13.0 Å². The van der Waals surface area contributed by atoms with Crippen LogP contribution in [0.2, 0.25) is 0 Å². The van der Waals surface area contributed by atoms with Gasteiger partial charge in [0.15, 0.2) is 11.5 Å². The topological polar surface area (TPSA) is 87.6 Å². The van der Waals surface area contributed by atoms with Crippen molar-refractivity contribution in [3.05, 3.63) is 70.9 Å². The predicted molar refractivity (Wildman–Crippen MR) is 100 cm³/mol. The molecule has 0 atom stereocenters. The van der Waals surface area contributed by atoms with Gasteiger partial charge in [-0.05, 0) is 50.2 Å². The number of carbonyl (C=O) groups excluding carboxylic acids is 1. The number of nitrogens with zero attached hydrogens (tertiary/aromatic N) is 2. The maximum absolute atomic E-state index is 12.4. The summed E-state index contributed by atoms with van der Waals surface area (Å²) in [5, 5.41) is 3.90. The number of oxazole rings is 1. The fourth-order valence-electron chi connectivity index (χ4n) is 2.80. The van der Waals surface area contributed by atoms with E-state index in [1.165, 1.54) is 0 Å². The molecule has 0 aliphatic rings. The highest BCUT2D eigenvalue weighted by Crippen LogP contribution is 2.23. The second kappa shape index (κ2) is 7.19. The maximum Gasteiger partial charge on any atom is 0.343 e. The Morgan fingerprint density at radius 2 is 1.79 bits per heavy atom. The molecule has 0 aliphatic heterocycles. The quantitative estimate of drug-likeness (QED) is 0.372. The molecule has 2 heterocycles. The van der Waals surface area contributed by atoms with E-state index in [-0.39, 0.29) is 0 Å². The summed E-state index contributed by atoms with van der Waals surface area (Å²) in [5.41, 5.74) is 3.43. The Morgan fingerprint density at radius 1 is 1.04 bits per heavy atom. The molecule has 0 fully saturated rings. The Hall–Kier alpha value is -3.61. The van der Waals surface area contributed by atoms with Crippen molar-refractivity contribution in [2.75, 3.05) is 0 Å². The average Bonchev–Trinajstić information content (AvgIpc) is 3.21. The molecule has 0 saturated carbocycles. The number of hydrogen-bond donors (Lipinski definition) is 0. The van der Waals surface area contributed by atoms with Gasteiger partial charge < -0.3 is 18.4 Å². The largest absolute Gasteiger partial charge is 0.489 e. The van der Waals surface area contributed by atoms with Crippen LogP contribution in [0.1, 0.15) is 33.3 Å². The van der Waals surface area contributed by atoms with E-state index in [4.69, 9.17) is 18.4 Å². The third-order valence-electron chi connectivity index (χ3n) is 4.33. The number of benzene rings is 2. The normalized spacial score (nSPS) is 11.0. The molecule has 0 saturated heterocycles. The van der Waals surface area contributed by atoms with Crippen molar-refractivity contribution >= 4 is 17.1 Å². The van der Waals surface area contributed by atoms with Crippen LogP contribution in [0.15, 0.2) is 51.4 Å². The minimum atomic E-state index is -0.461. The molecule has 7 heteroatoms. The molecule has 0 N–H and O–H groups in total. The summed E-state index contributed by atoms with van der Waals surface area (Å²) in [6, 6.07) is 11.8. The third-order valence-corrected chi connectivity index (χ3v) is 4.33. The van der Waals surface area contributed by atoms with Crippen LogP contribution in [-0.4, -0.2) is 16.1 Å². The highest BCUT2D eigenvalue weighted by Gasteiger charge is 2.12. The van der Waals surface area contributed by atoms with Crippen LogP contribution in [0.4, 0.5) is 0 Å². The molecule has 7 nitrogen and oxygen atoms in total. The van der Waals surface area contributed by atoms with Gasteiger partial charge in [0.2, 0.25) is 0 Å². The molecule has 0 unspecified atom stereocenters. The SMILES string of the molecule is Cc1nc2cc(OC(=O)c3ccc(OCc4c(C)noc4C)cc3)ccc2o1. The molecule has 0 radical (unpaired) electrons. The standard InChI is InChI=1S/C21H18N2O5/c1-12-18(13(2)28-23-12)11-25-16-6-4-15(5-7-16)21(24)27-17-8-9-20-19(10-17)22-14(3)26-20/h4-10H,11H2,1-3H3. The Bertz CT molecular complexity index is 1120. The summed E-state index contributed by atoms with van der Waals surface area (Å²) in [5.74, 6) is 1.88. The number of aryl methyl sites for hydroxylation is 3. The Labute approximate surface area is 160 Å². The Balaban J connectivity index is 1.41. The summed E-state index contributed by atoms with van der Waals surface area (Å²) >= 11 is 0. The third kappa shape index (κ3) is 3.59. The minimum absolute atomic E-state index is 0.349. The zero-order chi connectivity index (χ0) is 19.7. The monoisotopic (exact) mass is 378 g/mol. The zero-order valence-corrected chi connectivity index (χ0v) is 15.7. The fourth-order valence-corrected chi connectivity index (χ4v) is 2.80. The van der Waals surface area contributed by atoms with Gasteiger partial charge in [-0.3, -0.25) is 0 Å². The molecule has 4 rings (SSSR count). The lowest BCUT2D eigenvalue weighted by Gasteiger charge is -2.07. The number of hydrogen-bond acceptors (Lipinski definition) is 7. The lowest BCUT2D eigenvalue weighted by molar-refractivity contribution is 0.0735. The Kier molecular flexibility index (Phi) is 4.57. The van der Waals surface area contributed by atoms with E-state index < -0.39 is 5.97 Å². The molecule has 0 amide bonds. The second-order valence-electron chi connectivity index (χ2n) is 6.37. The highest BCUT2D eigenvalue weighted by molar-refractivity contribution is 5.91. The van der Waals surface area contributed by atoms with Crippen molar-refractivity contribution in [1.82, 2.24) is 10.1 Å². The summed E-state index contributed by atoms with van der Waals surface area (Å²) < 4.78 is 21.7. The number of esters is 1. The first-order chi connectivity index (χ1) is 13.5. The van der Waals surface area contributed by atoms with Crippen molar-refractivity contribution in [2.24, 2.45) is 0 Å². The van der Waals surface area contributed by atoms with Gasteiger partial charge >= 0.3 is 5.97 Å². The smallest absolute Gasteiger partial charge is 0.343 e. The molecule has 0 spiro atoms. The molecule has 2 aromatic carbocycles. The van der Waals surface area contributed by atoms with E-state index in [1.807, 2.05) is 13.8 Å². The first-order valence-corrected chi connectivity index (χ1v) is 8.73. The van der Waals surface area contributed by atoms with Crippen molar-refractivity contribution < 1.29 is 23.2 Å². The summed E-state index contributed by atoms with van der Waals surface area (Å²) in [7, 11) is 0. The molecule has 142 valence electrons. The number of aromatic nitrogens is 2. The molecule has 4 aromatic rings. The Morgan fingerprint density at radius 3 is 2.50 bits per heavy atom. The van der Waals surface area contributed by atoms with Crippen LogP contribution >= 0.6 is 0 Å². The van der Waals surface area contributed by atoms with E-state index in [0.717, 1.165) is 17.0 Å². The maximum atomic E-state index is 12.4. The first kappa shape index (κ1) is 17.8. The molecule has 2 aromatic heterocycles. The lowest BCUT2D eigenvalue weighted by Crippen LogP contribution is -2.08. The predicted octanol–water partition coefficient (Wildman–Crippen LogP) is 4.54. The second-order valence-corrected chi connectivity index (χ2v) is 6.37. The van der Waals surface area contributed by atoms with Crippen LogP contribution in [0.5, 0.6) is 11.5 Å². The van der Waals surface area contributed by atoms with Crippen molar-refractivity contribution in [2.45, 2.75) is 27.4 Å². The summed E-state index contributed by atoms with van der Waals surface area (Å²) in [6.07, 6.45) is 0. The molecule has 28 heavy (non-hydrogen) atoms. The van der Waals surface area contributed by atoms with Gasteiger partial charge in [-0.25, -0.2) is 9.78 Å². The molecular formula is C21H18N2O5. The van der Waals surface area contributed by atoms with Crippen LogP contribution in [0.25, 0.3) is 11.1 Å². The molecule has 0 aliphatic carbocycles. The van der Waals surface area contributed by atoms with Gasteiger partial charge in [0.05, 0.1) is 16.8 Å². The van der Waals surface area contributed by atoms with Crippen LogP contribution in [-0.2, 0) is 6.61 Å². The van der Waals surface area contributed by atoms with Crippen LogP contribution in [0, 0.1) is 20.8 Å². The van der Waals surface area contributed by atoms with E-state index in [9.17, 15) is 4.79 Å². The van der Waals surface area contributed by atoms with Crippen LogP contribution in [0.3, 0.4) is 0 Å². The summed E-state index contributed by atoms with van der Waals surface area (Å²) in [6.45, 7) is 5.82. The van der Waals surface area contributed by atoms with E-state index in [2.05, 4.69) is 10.1 Å². The number of rotatable bonds is 5. The molecule has 0 bridgehead atoms. The minimum Gasteiger partial charge on any atom is -0.489 e. The first-order valence-electron chi connectivity index (χ1n) is 8.73. The molecular weight excluding hydrogens is 360 g/mol. The summed E-state index contributed by atoms with van der Waals surface area (Å²) in [4.78, 5) is 16.6. The highest BCUT2D eigenvalue weighted by atomic mass is 16.5. The van der Waals surface area contributed by atoms with E-state index in [0.29, 0.717) is 40.7 Å². The number of ether oxygens (including phenoxy) is 2. The van der Waals surface area contributed by atoms with Gasteiger partial charge in [0.1, 0.15) is 29.4 Å². The van der Waals surface area contributed by atoms with Gasteiger partial charge in [-0.15, -0.1) is 0 Å². The van der Waals surface area contributed by atoms with Crippen molar-refractivity contribution in [3.8, 4) is 11.5 Å². The number of fused-ring (bicyclic) bond motifs is 1. The van der Waals surface area contributed by atoms with Crippen molar-refractivity contribution in [1.29, 1.82) is 0 Å². The van der Waals surface area contributed by atoms with Crippen molar-refractivity contribution in [3.63, 3.8) is 0 Å². The van der Waals surface area contributed by atoms with E-state index >= 15 is 0 Å². The van der Waals surface area contributed by atoms with Crippen LogP contribution < -0.4 is 9.47 Å². The number of carbonyl (C=O) groups is 1. The fraction of sp³-hybridized carbons (Fsp3) is 0.190. The van der Waals surface area contributed by atoms with E-state index in [1.54, 1.807) is 49.4 Å². The van der Waals surface area contributed by atoms with Gasteiger partial charge in [-0.1, -0.05) is 5.16 Å². The average molecular weight is 378 g/mol. The zero-order valence-electron chi connectivity index (χ0n) is 15.7. The van der Waals surface area contributed by atoms with Gasteiger partial charge in [-0.2, -0.15) is 0 Å². The lowest BCUT2D eigenvalue weighted by atomic mass is 10.2. The van der Waals surface area contributed by atoms with Gasteiger partial charge in [0.25, 0.3) is 0 Å².